The molecule has 2 aliphatic rings. The number of carbonyl (C=O) groups excluding carboxylic acids is 1. The molecule has 0 saturated heterocycles. The molecule has 122 valence electrons. The third kappa shape index (κ3) is 2.58. The van der Waals surface area contributed by atoms with Gasteiger partial charge in [-0.2, -0.15) is 0 Å². The lowest BCUT2D eigenvalue weighted by Crippen LogP contribution is -2.36. The summed E-state index contributed by atoms with van der Waals surface area (Å²) < 4.78 is 5.21. The van der Waals surface area contributed by atoms with E-state index in [2.05, 4.69) is 0 Å². The van der Waals surface area contributed by atoms with Gasteiger partial charge in [0.2, 0.25) is 5.91 Å². The topological polar surface area (TPSA) is 41.9 Å². The first kappa shape index (κ1) is 14.9. The van der Waals surface area contributed by atoms with Crippen LogP contribution in [0.3, 0.4) is 0 Å². The fourth-order valence-corrected chi connectivity index (χ4v) is 3.55. The van der Waals surface area contributed by atoms with Gasteiger partial charge in [-0.05, 0) is 49.1 Å². The van der Waals surface area contributed by atoms with Gasteiger partial charge in [0.15, 0.2) is 0 Å². The number of methoxy groups -OCH3 is 1. The second-order valence-electron chi connectivity index (χ2n) is 6.31. The molecule has 1 aliphatic carbocycles. The van der Waals surface area contributed by atoms with Crippen LogP contribution in [0.4, 0.5) is 11.4 Å². The second kappa shape index (κ2) is 6.11. The molecule has 4 nitrogen and oxygen atoms in total. The Labute approximate surface area is 141 Å². The van der Waals surface area contributed by atoms with Crippen molar-refractivity contribution in [2.75, 3.05) is 12.0 Å². The van der Waals surface area contributed by atoms with Crippen LogP contribution in [0.1, 0.15) is 24.8 Å². The molecule has 1 atom stereocenters. The number of benzene rings is 2. The van der Waals surface area contributed by atoms with Crippen LogP contribution in [0.5, 0.6) is 5.75 Å². The summed E-state index contributed by atoms with van der Waals surface area (Å²) in [7, 11) is 1.66. The minimum Gasteiger partial charge on any atom is -0.497 e. The molecule has 4 rings (SSSR count). The molecule has 1 fully saturated rings. The van der Waals surface area contributed by atoms with Crippen LogP contribution in [0.15, 0.2) is 53.5 Å². The molecule has 24 heavy (non-hydrogen) atoms. The number of fused-ring (bicyclic) bond motifs is 2. The summed E-state index contributed by atoms with van der Waals surface area (Å²) in [6, 6.07) is 15.8. The third-order valence-corrected chi connectivity index (χ3v) is 4.83. The van der Waals surface area contributed by atoms with E-state index in [4.69, 9.17) is 9.73 Å². The maximum absolute atomic E-state index is 13.1. The SMILES string of the molecule is COc1ccc(CN2C(=O)C3CCCC3=Nc3ccccc32)cc1. The number of aliphatic imine (C=N–C) groups is 1. The molecule has 0 spiro atoms. The Morgan fingerprint density at radius 3 is 2.75 bits per heavy atom. The van der Waals surface area contributed by atoms with E-state index in [-0.39, 0.29) is 11.8 Å². The molecule has 0 N–H and O–H groups in total. The molecule has 1 amide bonds. The Balaban J connectivity index is 1.72. The van der Waals surface area contributed by atoms with Gasteiger partial charge in [0.25, 0.3) is 0 Å². The summed E-state index contributed by atoms with van der Waals surface area (Å²) in [5, 5.41) is 0. The van der Waals surface area contributed by atoms with Gasteiger partial charge >= 0.3 is 0 Å². The number of carbonyl (C=O) groups is 1. The monoisotopic (exact) mass is 320 g/mol. The lowest BCUT2D eigenvalue weighted by atomic mass is 10.0. The number of para-hydroxylation sites is 2. The lowest BCUT2D eigenvalue weighted by molar-refractivity contribution is -0.120. The van der Waals surface area contributed by atoms with Crippen LogP contribution >= 0.6 is 0 Å². The summed E-state index contributed by atoms with van der Waals surface area (Å²) in [6.07, 6.45) is 2.89. The number of nitrogens with zero attached hydrogens (tertiary/aromatic N) is 2. The van der Waals surface area contributed by atoms with Gasteiger partial charge in [-0.3, -0.25) is 9.79 Å². The van der Waals surface area contributed by atoms with Crippen molar-refractivity contribution in [1.29, 1.82) is 0 Å². The molecular weight excluding hydrogens is 300 g/mol. The first-order valence-electron chi connectivity index (χ1n) is 8.37. The molecular formula is C20H20N2O2. The predicted octanol–water partition coefficient (Wildman–Crippen LogP) is 4.11. The molecule has 1 aliphatic heterocycles. The molecule has 1 saturated carbocycles. The van der Waals surface area contributed by atoms with Gasteiger partial charge in [-0.15, -0.1) is 0 Å². The quantitative estimate of drug-likeness (QED) is 0.854. The van der Waals surface area contributed by atoms with Gasteiger partial charge < -0.3 is 9.64 Å². The Kier molecular flexibility index (Phi) is 3.81. The third-order valence-electron chi connectivity index (χ3n) is 4.83. The Bertz CT molecular complexity index is 796. The largest absolute Gasteiger partial charge is 0.497 e. The number of hydrogen-bond donors (Lipinski definition) is 0. The van der Waals surface area contributed by atoms with Crippen LogP contribution < -0.4 is 9.64 Å². The molecule has 1 unspecified atom stereocenters. The van der Waals surface area contributed by atoms with Crippen molar-refractivity contribution >= 4 is 23.0 Å². The standard InChI is InChI=1S/C20H20N2O2/c1-24-15-11-9-14(10-12-15)13-22-19-8-3-2-6-18(19)21-17-7-4-5-16(17)20(22)23/h2-3,6,8-12,16H,4-5,7,13H2,1H3. The molecule has 1 heterocycles. The van der Waals surface area contributed by atoms with E-state index in [0.717, 1.165) is 47.7 Å². The van der Waals surface area contributed by atoms with E-state index >= 15 is 0 Å². The summed E-state index contributed by atoms with van der Waals surface area (Å²) >= 11 is 0. The highest BCUT2D eigenvalue weighted by Crippen LogP contribution is 2.38. The molecule has 2 aromatic carbocycles. The van der Waals surface area contributed by atoms with Gasteiger partial charge in [0, 0.05) is 5.71 Å². The molecule has 0 radical (unpaired) electrons. The van der Waals surface area contributed by atoms with Crippen molar-refractivity contribution in [1.82, 2.24) is 0 Å². The predicted molar refractivity (Wildman–Crippen MR) is 95.1 cm³/mol. The second-order valence-corrected chi connectivity index (χ2v) is 6.31. The van der Waals surface area contributed by atoms with Crippen LogP contribution in [0, 0.1) is 5.92 Å². The van der Waals surface area contributed by atoms with Crippen LogP contribution in [0.2, 0.25) is 0 Å². The summed E-state index contributed by atoms with van der Waals surface area (Å²) in [4.78, 5) is 19.8. The average molecular weight is 320 g/mol. The Morgan fingerprint density at radius 2 is 1.96 bits per heavy atom. The smallest absolute Gasteiger partial charge is 0.236 e. The van der Waals surface area contributed by atoms with E-state index in [1.807, 2.05) is 53.4 Å². The maximum atomic E-state index is 13.1. The van der Waals surface area contributed by atoms with E-state index in [1.54, 1.807) is 7.11 Å². The van der Waals surface area contributed by atoms with Crippen molar-refractivity contribution in [3.8, 4) is 5.75 Å². The Hall–Kier alpha value is -2.62. The minimum absolute atomic E-state index is 0.0596. The molecule has 0 aromatic heterocycles. The van der Waals surface area contributed by atoms with Gasteiger partial charge in [0.1, 0.15) is 5.75 Å². The highest BCUT2D eigenvalue weighted by molar-refractivity contribution is 6.14. The normalized spacial score (nSPS) is 19.4. The van der Waals surface area contributed by atoms with Crippen molar-refractivity contribution in [3.05, 3.63) is 54.1 Å². The summed E-state index contributed by atoms with van der Waals surface area (Å²) in [5.41, 5.74) is 3.93. The zero-order chi connectivity index (χ0) is 16.5. The lowest BCUT2D eigenvalue weighted by Gasteiger charge is -2.25. The first-order valence-corrected chi connectivity index (χ1v) is 8.37. The van der Waals surface area contributed by atoms with Crippen molar-refractivity contribution in [3.63, 3.8) is 0 Å². The summed E-state index contributed by atoms with van der Waals surface area (Å²) in [5.74, 6) is 0.936. The van der Waals surface area contributed by atoms with Crippen molar-refractivity contribution in [2.45, 2.75) is 25.8 Å². The van der Waals surface area contributed by atoms with E-state index in [1.165, 1.54) is 0 Å². The maximum Gasteiger partial charge on any atom is 0.236 e. The van der Waals surface area contributed by atoms with Crippen molar-refractivity contribution < 1.29 is 9.53 Å². The Morgan fingerprint density at radius 1 is 1.17 bits per heavy atom. The average Bonchev–Trinajstić information content (AvgIpc) is 3.05. The zero-order valence-corrected chi connectivity index (χ0v) is 13.7. The highest BCUT2D eigenvalue weighted by Gasteiger charge is 2.36. The van der Waals surface area contributed by atoms with Crippen LogP contribution in [-0.4, -0.2) is 18.7 Å². The first-order chi connectivity index (χ1) is 11.8. The number of rotatable bonds is 3. The number of amides is 1. The number of anilines is 1. The fourth-order valence-electron chi connectivity index (χ4n) is 3.55. The molecule has 4 heteroatoms. The fraction of sp³-hybridized carbons (Fsp3) is 0.300. The van der Waals surface area contributed by atoms with Gasteiger partial charge in [0.05, 0.1) is 30.9 Å². The minimum atomic E-state index is -0.0596. The highest BCUT2D eigenvalue weighted by atomic mass is 16.5. The summed E-state index contributed by atoms with van der Waals surface area (Å²) in [6.45, 7) is 0.555. The number of hydrogen-bond acceptors (Lipinski definition) is 3. The van der Waals surface area contributed by atoms with Crippen LogP contribution in [0.25, 0.3) is 0 Å². The van der Waals surface area contributed by atoms with E-state index in [9.17, 15) is 4.79 Å². The van der Waals surface area contributed by atoms with E-state index < -0.39 is 0 Å². The molecule has 2 aromatic rings. The molecule has 0 bridgehead atoms. The van der Waals surface area contributed by atoms with Gasteiger partial charge in [-0.1, -0.05) is 24.3 Å². The zero-order valence-electron chi connectivity index (χ0n) is 13.7. The van der Waals surface area contributed by atoms with Crippen LogP contribution in [-0.2, 0) is 11.3 Å². The van der Waals surface area contributed by atoms with E-state index in [0.29, 0.717) is 6.54 Å². The van der Waals surface area contributed by atoms with Gasteiger partial charge in [-0.25, -0.2) is 0 Å². The number of ether oxygens (including phenoxy) is 1. The van der Waals surface area contributed by atoms with Crippen molar-refractivity contribution in [2.24, 2.45) is 10.9 Å².